The minimum Gasteiger partial charge on any atom is -0.386 e. The minimum absolute atomic E-state index is 0.712. The van der Waals surface area contributed by atoms with Gasteiger partial charge in [0.2, 0.25) is 0 Å². The van der Waals surface area contributed by atoms with E-state index in [9.17, 15) is 0 Å². The van der Waals surface area contributed by atoms with Gasteiger partial charge in [-0.2, -0.15) is 11.8 Å². The molecule has 1 aliphatic heterocycles. The first kappa shape index (κ1) is 8.98. The molecule has 11 heavy (non-hydrogen) atoms. The van der Waals surface area contributed by atoms with Gasteiger partial charge in [0, 0.05) is 11.7 Å². The highest BCUT2D eigenvalue weighted by Gasteiger charge is 2.12. The van der Waals surface area contributed by atoms with Crippen LogP contribution in [0.15, 0.2) is 12.3 Å². The molecule has 0 aromatic heterocycles. The first-order valence-corrected chi connectivity index (χ1v) is 5.50. The molecule has 0 aliphatic carbocycles. The lowest BCUT2D eigenvalue weighted by Crippen LogP contribution is -2.31. The van der Waals surface area contributed by atoms with Gasteiger partial charge in [-0.3, -0.25) is 0 Å². The summed E-state index contributed by atoms with van der Waals surface area (Å²) in [5.74, 6) is 2.63. The van der Waals surface area contributed by atoms with E-state index in [2.05, 4.69) is 30.6 Å². The summed E-state index contributed by atoms with van der Waals surface area (Å²) in [7, 11) is 0. The molecule has 0 amide bonds. The fraction of sp³-hybridized carbons (Fsp3) is 0.778. The second kappa shape index (κ2) is 4.70. The molecule has 1 N–H and O–H groups in total. The first-order valence-electron chi connectivity index (χ1n) is 4.35. The molecular formula is C9H17NS. The van der Waals surface area contributed by atoms with Crippen molar-refractivity contribution < 1.29 is 0 Å². The molecular weight excluding hydrogens is 154 g/mol. The number of hydrogen-bond acceptors (Lipinski definition) is 2. The van der Waals surface area contributed by atoms with E-state index >= 15 is 0 Å². The molecule has 1 heterocycles. The van der Waals surface area contributed by atoms with Crippen LogP contribution in [-0.2, 0) is 0 Å². The molecule has 1 rings (SSSR count). The van der Waals surface area contributed by atoms with Crippen LogP contribution in [-0.4, -0.2) is 17.5 Å². The van der Waals surface area contributed by atoms with Crippen LogP contribution in [0.5, 0.6) is 0 Å². The lowest BCUT2D eigenvalue weighted by molar-refractivity contribution is 0.524. The molecule has 0 aromatic rings. The maximum atomic E-state index is 3.95. The SMILES string of the molecule is C=C(CC)NC1CCSCC1. The Morgan fingerprint density at radius 3 is 2.73 bits per heavy atom. The number of hydrogen-bond donors (Lipinski definition) is 1. The van der Waals surface area contributed by atoms with Crippen LogP contribution < -0.4 is 5.32 Å². The summed E-state index contributed by atoms with van der Waals surface area (Å²) >= 11 is 2.06. The molecule has 0 saturated carbocycles. The molecule has 2 heteroatoms. The van der Waals surface area contributed by atoms with Crippen molar-refractivity contribution in [3.63, 3.8) is 0 Å². The van der Waals surface area contributed by atoms with E-state index in [1.807, 2.05) is 0 Å². The minimum atomic E-state index is 0.712. The summed E-state index contributed by atoms with van der Waals surface area (Å²) in [5.41, 5.74) is 1.20. The number of allylic oxidation sites excluding steroid dienone is 1. The molecule has 0 atom stereocenters. The predicted octanol–water partition coefficient (Wildman–Crippen LogP) is 2.40. The van der Waals surface area contributed by atoms with Gasteiger partial charge in [-0.25, -0.2) is 0 Å². The molecule has 0 spiro atoms. The lowest BCUT2D eigenvalue weighted by atomic mass is 10.1. The Bertz CT molecular complexity index is 128. The predicted molar refractivity (Wildman–Crippen MR) is 52.9 cm³/mol. The molecule has 1 saturated heterocycles. The van der Waals surface area contributed by atoms with E-state index in [0.717, 1.165) is 6.42 Å². The molecule has 0 bridgehead atoms. The lowest BCUT2D eigenvalue weighted by Gasteiger charge is -2.24. The van der Waals surface area contributed by atoms with Gasteiger partial charge in [-0.15, -0.1) is 0 Å². The third-order valence-corrected chi connectivity index (χ3v) is 3.11. The number of rotatable bonds is 3. The zero-order valence-electron chi connectivity index (χ0n) is 7.23. The molecule has 0 aromatic carbocycles. The molecule has 64 valence electrons. The molecule has 0 unspecified atom stereocenters. The fourth-order valence-corrected chi connectivity index (χ4v) is 2.34. The van der Waals surface area contributed by atoms with E-state index in [1.54, 1.807) is 0 Å². The van der Waals surface area contributed by atoms with Crippen LogP contribution in [0.2, 0.25) is 0 Å². The Morgan fingerprint density at radius 2 is 2.18 bits per heavy atom. The Kier molecular flexibility index (Phi) is 3.84. The normalized spacial score (nSPS) is 19.7. The molecule has 1 nitrogen and oxygen atoms in total. The quantitative estimate of drug-likeness (QED) is 0.700. The second-order valence-corrected chi connectivity index (χ2v) is 4.21. The fourth-order valence-electron chi connectivity index (χ4n) is 1.23. The van der Waals surface area contributed by atoms with E-state index in [-0.39, 0.29) is 0 Å². The topological polar surface area (TPSA) is 12.0 Å². The van der Waals surface area contributed by atoms with Crippen LogP contribution in [0.3, 0.4) is 0 Å². The van der Waals surface area contributed by atoms with Crippen LogP contribution in [0, 0.1) is 0 Å². The zero-order chi connectivity index (χ0) is 8.10. The molecule has 0 radical (unpaired) electrons. The Labute approximate surface area is 73.6 Å². The van der Waals surface area contributed by atoms with Crippen molar-refractivity contribution in [2.45, 2.75) is 32.2 Å². The van der Waals surface area contributed by atoms with Gasteiger partial charge in [0.15, 0.2) is 0 Å². The van der Waals surface area contributed by atoms with E-state index < -0.39 is 0 Å². The van der Waals surface area contributed by atoms with Gasteiger partial charge in [0.05, 0.1) is 0 Å². The second-order valence-electron chi connectivity index (χ2n) is 2.99. The van der Waals surface area contributed by atoms with Gasteiger partial charge in [-0.05, 0) is 30.8 Å². The first-order chi connectivity index (χ1) is 5.33. The van der Waals surface area contributed by atoms with Crippen LogP contribution in [0.4, 0.5) is 0 Å². The smallest absolute Gasteiger partial charge is 0.0273 e. The van der Waals surface area contributed by atoms with Crippen molar-refractivity contribution >= 4 is 11.8 Å². The van der Waals surface area contributed by atoms with Crippen molar-refractivity contribution in [2.75, 3.05) is 11.5 Å². The summed E-state index contributed by atoms with van der Waals surface area (Å²) in [6, 6.07) is 0.712. The maximum absolute atomic E-state index is 3.95. The zero-order valence-corrected chi connectivity index (χ0v) is 8.04. The highest BCUT2D eigenvalue weighted by molar-refractivity contribution is 7.99. The summed E-state index contributed by atoms with van der Waals surface area (Å²) in [4.78, 5) is 0. The molecule has 1 fully saturated rings. The maximum Gasteiger partial charge on any atom is 0.0273 e. The van der Waals surface area contributed by atoms with E-state index in [0.29, 0.717) is 6.04 Å². The summed E-state index contributed by atoms with van der Waals surface area (Å²) in [6.45, 7) is 6.10. The highest BCUT2D eigenvalue weighted by Crippen LogP contribution is 2.17. The average molecular weight is 171 g/mol. The van der Waals surface area contributed by atoms with Gasteiger partial charge in [0.25, 0.3) is 0 Å². The summed E-state index contributed by atoms with van der Waals surface area (Å²) in [6.07, 6.45) is 3.68. The average Bonchev–Trinajstić information content (AvgIpc) is 2.06. The summed E-state index contributed by atoms with van der Waals surface area (Å²) < 4.78 is 0. The Balaban J connectivity index is 2.19. The van der Waals surface area contributed by atoms with Crippen molar-refractivity contribution in [1.29, 1.82) is 0 Å². The van der Waals surface area contributed by atoms with E-state index in [1.165, 1.54) is 30.0 Å². The standard InChI is InChI=1S/C9H17NS/c1-3-8(2)10-9-4-6-11-7-5-9/h9-10H,2-7H2,1H3. The van der Waals surface area contributed by atoms with Crippen LogP contribution >= 0.6 is 11.8 Å². The number of thioether (sulfide) groups is 1. The van der Waals surface area contributed by atoms with Crippen LogP contribution in [0.1, 0.15) is 26.2 Å². The third-order valence-electron chi connectivity index (χ3n) is 2.06. The van der Waals surface area contributed by atoms with Crippen LogP contribution in [0.25, 0.3) is 0 Å². The monoisotopic (exact) mass is 171 g/mol. The van der Waals surface area contributed by atoms with Gasteiger partial charge >= 0.3 is 0 Å². The van der Waals surface area contributed by atoms with Gasteiger partial charge < -0.3 is 5.32 Å². The van der Waals surface area contributed by atoms with Crippen molar-refractivity contribution in [1.82, 2.24) is 5.32 Å². The third kappa shape index (κ3) is 3.19. The van der Waals surface area contributed by atoms with Crippen molar-refractivity contribution in [3.05, 3.63) is 12.3 Å². The largest absolute Gasteiger partial charge is 0.386 e. The Hall–Kier alpha value is -0.110. The van der Waals surface area contributed by atoms with E-state index in [4.69, 9.17) is 0 Å². The Morgan fingerprint density at radius 1 is 1.55 bits per heavy atom. The van der Waals surface area contributed by atoms with Crippen molar-refractivity contribution in [3.8, 4) is 0 Å². The van der Waals surface area contributed by atoms with Crippen molar-refractivity contribution in [2.24, 2.45) is 0 Å². The number of nitrogens with one attached hydrogen (secondary N) is 1. The van der Waals surface area contributed by atoms with Gasteiger partial charge in [0.1, 0.15) is 0 Å². The molecule has 1 aliphatic rings. The summed E-state index contributed by atoms with van der Waals surface area (Å²) in [5, 5.41) is 3.46. The highest BCUT2D eigenvalue weighted by atomic mass is 32.2. The van der Waals surface area contributed by atoms with Gasteiger partial charge in [-0.1, -0.05) is 13.5 Å².